The average molecular weight is 287 g/mol. The minimum Gasteiger partial charge on any atom is -0.465 e. The largest absolute Gasteiger partial charge is 0.465 e. The number of piperidine rings is 1. The van der Waals surface area contributed by atoms with Crippen molar-refractivity contribution in [2.24, 2.45) is 5.92 Å². The second-order valence-corrected chi connectivity index (χ2v) is 6.37. The zero-order chi connectivity index (χ0) is 14.7. The summed E-state index contributed by atoms with van der Waals surface area (Å²) in [6, 6.07) is 8.60. The van der Waals surface area contributed by atoms with Gasteiger partial charge in [-0.3, -0.25) is 4.90 Å². The van der Waals surface area contributed by atoms with Gasteiger partial charge in [-0.25, -0.2) is 4.79 Å². The zero-order valence-corrected chi connectivity index (χ0v) is 12.9. The highest BCUT2D eigenvalue weighted by Crippen LogP contribution is 2.36. The molecule has 3 rings (SSSR count). The molecule has 3 heteroatoms. The van der Waals surface area contributed by atoms with Gasteiger partial charge in [-0.1, -0.05) is 31.0 Å². The zero-order valence-electron chi connectivity index (χ0n) is 12.9. The van der Waals surface area contributed by atoms with Gasteiger partial charge in [0.25, 0.3) is 0 Å². The smallest absolute Gasteiger partial charge is 0.338 e. The number of ether oxygens (including phenoxy) is 1. The van der Waals surface area contributed by atoms with Crippen LogP contribution in [-0.2, 0) is 11.3 Å². The molecule has 3 nitrogen and oxygen atoms in total. The third-order valence-corrected chi connectivity index (χ3v) is 5.15. The molecule has 0 spiro atoms. The van der Waals surface area contributed by atoms with E-state index in [1.807, 2.05) is 18.2 Å². The molecule has 1 aromatic rings. The van der Waals surface area contributed by atoms with Crippen molar-refractivity contribution in [2.45, 2.75) is 51.1 Å². The molecule has 0 unspecified atom stereocenters. The second kappa shape index (κ2) is 6.61. The van der Waals surface area contributed by atoms with E-state index in [0.29, 0.717) is 0 Å². The second-order valence-electron chi connectivity index (χ2n) is 6.37. The number of nitrogens with zero attached hydrogens (tertiary/aromatic N) is 1. The molecule has 0 aromatic heterocycles. The number of carbonyl (C=O) groups is 1. The molecular weight excluding hydrogens is 262 g/mol. The first-order valence-electron chi connectivity index (χ1n) is 8.20. The molecule has 0 radical (unpaired) electrons. The van der Waals surface area contributed by atoms with Gasteiger partial charge in [0.15, 0.2) is 0 Å². The Bertz CT molecular complexity index is 498. The van der Waals surface area contributed by atoms with Crippen LogP contribution in [0.4, 0.5) is 0 Å². The molecule has 1 saturated heterocycles. The van der Waals surface area contributed by atoms with Gasteiger partial charge in [0.1, 0.15) is 0 Å². The fourth-order valence-electron chi connectivity index (χ4n) is 4.11. The molecule has 1 saturated carbocycles. The Morgan fingerprint density at radius 2 is 1.95 bits per heavy atom. The number of methoxy groups -OCH3 is 1. The van der Waals surface area contributed by atoms with Crippen molar-refractivity contribution in [3.05, 3.63) is 35.4 Å². The molecule has 1 aliphatic heterocycles. The quantitative estimate of drug-likeness (QED) is 0.795. The van der Waals surface area contributed by atoms with Crippen LogP contribution in [-0.4, -0.2) is 30.6 Å². The number of rotatable bonds is 3. The summed E-state index contributed by atoms with van der Waals surface area (Å²) in [5, 5.41) is 0. The summed E-state index contributed by atoms with van der Waals surface area (Å²) in [5.41, 5.74) is 1.83. The minimum absolute atomic E-state index is 0.220. The van der Waals surface area contributed by atoms with Gasteiger partial charge in [0, 0.05) is 12.6 Å². The molecular formula is C18H25NO2. The van der Waals surface area contributed by atoms with E-state index in [4.69, 9.17) is 4.74 Å². The third-order valence-electron chi connectivity index (χ3n) is 5.15. The monoisotopic (exact) mass is 287 g/mol. The van der Waals surface area contributed by atoms with Gasteiger partial charge in [-0.15, -0.1) is 0 Å². The Balaban J connectivity index is 1.78. The predicted octanol–water partition coefficient (Wildman–Crippen LogP) is 3.63. The van der Waals surface area contributed by atoms with Crippen LogP contribution in [0, 0.1) is 5.92 Å². The topological polar surface area (TPSA) is 29.5 Å². The van der Waals surface area contributed by atoms with Gasteiger partial charge < -0.3 is 4.74 Å². The van der Waals surface area contributed by atoms with E-state index in [1.54, 1.807) is 0 Å². The molecule has 21 heavy (non-hydrogen) atoms. The Labute approximate surface area is 127 Å². The summed E-state index contributed by atoms with van der Waals surface area (Å²) in [6.07, 6.45) is 8.15. The molecule has 1 aromatic carbocycles. The molecule has 0 amide bonds. The first kappa shape index (κ1) is 14.6. The first-order chi connectivity index (χ1) is 10.3. The van der Waals surface area contributed by atoms with E-state index < -0.39 is 0 Å². The molecule has 2 aliphatic rings. The molecule has 1 aliphatic carbocycles. The molecule has 2 fully saturated rings. The number of esters is 1. The summed E-state index contributed by atoms with van der Waals surface area (Å²) in [6.45, 7) is 2.04. The highest BCUT2D eigenvalue weighted by molar-refractivity contribution is 5.90. The maximum atomic E-state index is 11.9. The molecule has 2 atom stereocenters. The highest BCUT2D eigenvalue weighted by atomic mass is 16.5. The number of hydrogen-bond donors (Lipinski definition) is 0. The lowest BCUT2D eigenvalue weighted by molar-refractivity contribution is 0.0522. The molecule has 1 heterocycles. The molecule has 0 N–H and O–H groups in total. The Kier molecular flexibility index (Phi) is 4.59. The van der Waals surface area contributed by atoms with E-state index in [9.17, 15) is 4.79 Å². The summed E-state index contributed by atoms with van der Waals surface area (Å²) < 4.78 is 4.92. The first-order valence-corrected chi connectivity index (χ1v) is 8.20. The summed E-state index contributed by atoms with van der Waals surface area (Å²) in [4.78, 5) is 14.5. The van der Waals surface area contributed by atoms with Gasteiger partial charge >= 0.3 is 5.97 Å². The summed E-state index contributed by atoms with van der Waals surface area (Å²) in [5.74, 6) is 0.653. The highest BCUT2D eigenvalue weighted by Gasteiger charge is 2.33. The number of fused-ring (bicyclic) bond motifs is 1. The lowest BCUT2D eigenvalue weighted by Gasteiger charge is -2.44. The standard InChI is InChI=1S/C18H25NO2/c1-21-18(20)16-10-4-2-8-15(16)13-19-12-6-9-14-7-3-5-11-17(14)19/h2,4,8,10,14,17H,3,5-7,9,11-13H2,1H3/t14-,17-/m1/s1. The van der Waals surface area contributed by atoms with Crippen LogP contribution < -0.4 is 0 Å². The van der Waals surface area contributed by atoms with Crippen molar-refractivity contribution < 1.29 is 9.53 Å². The van der Waals surface area contributed by atoms with Crippen molar-refractivity contribution in [2.75, 3.05) is 13.7 Å². The lowest BCUT2D eigenvalue weighted by Crippen LogP contribution is -2.46. The van der Waals surface area contributed by atoms with Gasteiger partial charge in [0.05, 0.1) is 12.7 Å². The van der Waals surface area contributed by atoms with Crippen molar-refractivity contribution in [3.8, 4) is 0 Å². The molecule has 114 valence electrons. The van der Waals surface area contributed by atoms with Crippen LogP contribution >= 0.6 is 0 Å². The van der Waals surface area contributed by atoms with Crippen molar-refractivity contribution >= 4 is 5.97 Å². The van der Waals surface area contributed by atoms with Crippen LogP contribution in [0.5, 0.6) is 0 Å². The summed E-state index contributed by atoms with van der Waals surface area (Å²) in [7, 11) is 1.46. The van der Waals surface area contributed by atoms with Crippen molar-refractivity contribution in [1.29, 1.82) is 0 Å². The van der Waals surface area contributed by atoms with Crippen LogP contribution in [0.25, 0.3) is 0 Å². The van der Waals surface area contributed by atoms with Crippen LogP contribution in [0.1, 0.15) is 54.4 Å². The van der Waals surface area contributed by atoms with E-state index >= 15 is 0 Å². The SMILES string of the molecule is COC(=O)c1ccccc1CN1CCC[C@H]2CCCC[C@H]21. The number of likely N-dealkylation sites (tertiary alicyclic amines) is 1. The Morgan fingerprint density at radius 3 is 2.81 bits per heavy atom. The van der Waals surface area contributed by atoms with E-state index in [1.165, 1.54) is 45.6 Å². The molecule has 0 bridgehead atoms. The fraction of sp³-hybridized carbons (Fsp3) is 0.611. The van der Waals surface area contributed by atoms with Crippen molar-refractivity contribution in [3.63, 3.8) is 0 Å². The van der Waals surface area contributed by atoms with Gasteiger partial charge in [0.2, 0.25) is 0 Å². The maximum Gasteiger partial charge on any atom is 0.338 e. The average Bonchev–Trinajstić information content (AvgIpc) is 2.55. The van der Waals surface area contributed by atoms with Gasteiger partial charge in [-0.05, 0) is 49.8 Å². The number of benzene rings is 1. The fourth-order valence-corrected chi connectivity index (χ4v) is 4.11. The number of carbonyl (C=O) groups excluding carboxylic acids is 1. The number of hydrogen-bond acceptors (Lipinski definition) is 3. The Hall–Kier alpha value is -1.35. The maximum absolute atomic E-state index is 11.9. The van der Waals surface area contributed by atoms with Crippen LogP contribution in [0.15, 0.2) is 24.3 Å². The van der Waals surface area contributed by atoms with Crippen LogP contribution in [0.2, 0.25) is 0 Å². The predicted molar refractivity (Wildman–Crippen MR) is 83.2 cm³/mol. The van der Waals surface area contributed by atoms with Crippen LogP contribution in [0.3, 0.4) is 0 Å². The van der Waals surface area contributed by atoms with Crippen molar-refractivity contribution in [1.82, 2.24) is 4.90 Å². The third kappa shape index (κ3) is 3.13. The van der Waals surface area contributed by atoms with Gasteiger partial charge in [-0.2, -0.15) is 0 Å². The normalized spacial score (nSPS) is 26.1. The summed E-state index contributed by atoms with van der Waals surface area (Å²) >= 11 is 0. The van der Waals surface area contributed by atoms with E-state index in [0.717, 1.165) is 36.2 Å². The van der Waals surface area contributed by atoms with E-state index in [2.05, 4.69) is 11.0 Å². The lowest BCUT2D eigenvalue weighted by atomic mass is 9.78. The minimum atomic E-state index is -0.220. The Morgan fingerprint density at radius 1 is 1.19 bits per heavy atom. The van der Waals surface area contributed by atoms with E-state index in [-0.39, 0.29) is 5.97 Å².